The predicted molar refractivity (Wildman–Crippen MR) is 68.1 cm³/mol. The van der Waals surface area contributed by atoms with Crippen molar-refractivity contribution in [1.82, 2.24) is 14.9 Å². The largest absolute Gasteiger partial charge is 0.383 e. The van der Waals surface area contributed by atoms with Gasteiger partial charge in [0.05, 0.1) is 0 Å². The standard InChI is InChI=1S/C13H18N4O/c1-2-8-6-17(7-8)13(18)10-5-15-12(9-3-4-9)16-11(10)14/h5,8-9H,2-4,6-7H2,1H3,(H2,14,15,16). The van der Waals surface area contributed by atoms with Crippen LogP contribution in [0.15, 0.2) is 6.20 Å². The first kappa shape index (κ1) is 11.4. The molecule has 0 unspecified atom stereocenters. The van der Waals surface area contributed by atoms with Crippen LogP contribution in [0.25, 0.3) is 0 Å². The molecule has 5 heteroatoms. The summed E-state index contributed by atoms with van der Waals surface area (Å²) >= 11 is 0. The van der Waals surface area contributed by atoms with E-state index in [9.17, 15) is 4.79 Å². The second-order valence-corrected chi connectivity index (χ2v) is 5.29. The van der Waals surface area contributed by atoms with Crippen molar-refractivity contribution in [2.75, 3.05) is 18.8 Å². The average Bonchev–Trinajstić information content (AvgIpc) is 3.11. The molecule has 0 atom stereocenters. The van der Waals surface area contributed by atoms with Gasteiger partial charge in [0.1, 0.15) is 17.2 Å². The maximum atomic E-state index is 12.2. The number of nitrogen functional groups attached to an aromatic ring is 1. The molecule has 1 saturated carbocycles. The third-order valence-electron chi connectivity index (χ3n) is 3.83. The fourth-order valence-corrected chi connectivity index (χ4v) is 2.28. The zero-order valence-corrected chi connectivity index (χ0v) is 10.6. The van der Waals surface area contributed by atoms with Crippen molar-refractivity contribution in [2.45, 2.75) is 32.1 Å². The minimum Gasteiger partial charge on any atom is -0.383 e. The van der Waals surface area contributed by atoms with E-state index in [1.165, 1.54) is 0 Å². The van der Waals surface area contributed by atoms with E-state index >= 15 is 0 Å². The summed E-state index contributed by atoms with van der Waals surface area (Å²) in [5.74, 6) is 2.20. The number of carbonyl (C=O) groups excluding carboxylic acids is 1. The Morgan fingerprint density at radius 2 is 2.22 bits per heavy atom. The fourth-order valence-electron chi connectivity index (χ4n) is 2.28. The molecule has 5 nitrogen and oxygen atoms in total. The summed E-state index contributed by atoms with van der Waals surface area (Å²) in [6.45, 7) is 3.81. The van der Waals surface area contributed by atoms with Crippen LogP contribution in [0.1, 0.15) is 48.3 Å². The quantitative estimate of drug-likeness (QED) is 0.875. The van der Waals surface area contributed by atoms with Gasteiger partial charge in [-0.3, -0.25) is 4.79 Å². The summed E-state index contributed by atoms with van der Waals surface area (Å²) < 4.78 is 0. The third kappa shape index (κ3) is 1.94. The topological polar surface area (TPSA) is 72.1 Å². The first-order valence-corrected chi connectivity index (χ1v) is 6.60. The molecule has 2 N–H and O–H groups in total. The molecule has 3 rings (SSSR count). The highest BCUT2D eigenvalue weighted by Crippen LogP contribution is 2.38. The van der Waals surface area contributed by atoms with E-state index in [-0.39, 0.29) is 5.91 Å². The Balaban J connectivity index is 1.73. The summed E-state index contributed by atoms with van der Waals surface area (Å²) in [6, 6.07) is 0. The van der Waals surface area contributed by atoms with Gasteiger partial charge in [-0.05, 0) is 25.2 Å². The number of carbonyl (C=O) groups is 1. The van der Waals surface area contributed by atoms with Crippen molar-refractivity contribution in [3.63, 3.8) is 0 Å². The van der Waals surface area contributed by atoms with E-state index in [0.29, 0.717) is 23.2 Å². The maximum absolute atomic E-state index is 12.2. The van der Waals surface area contributed by atoms with Crippen LogP contribution in [-0.4, -0.2) is 33.9 Å². The molecular formula is C13H18N4O. The summed E-state index contributed by atoms with van der Waals surface area (Å²) in [5.41, 5.74) is 6.33. The van der Waals surface area contributed by atoms with Gasteiger partial charge in [0.2, 0.25) is 0 Å². The van der Waals surface area contributed by atoms with Gasteiger partial charge < -0.3 is 10.6 Å². The van der Waals surface area contributed by atoms with E-state index in [2.05, 4.69) is 16.9 Å². The van der Waals surface area contributed by atoms with Crippen LogP contribution in [0, 0.1) is 5.92 Å². The summed E-state index contributed by atoms with van der Waals surface area (Å²) in [4.78, 5) is 22.5. The number of anilines is 1. The van der Waals surface area contributed by atoms with Crippen LogP contribution in [0.3, 0.4) is 0 Å². The molecule has 1 saturated heterocycles. The highest BCUT2D eigenvalue weighted by molar-refractivity contribution is 5.98. The van der Waals surface area contributed by atoms with Gasteiger partial charge in [0.15, 0.2) is 0 Å². The first-order chi connectivity index (χ1) is 8.69. The molecule has 1 aromatic rings. The highest BCUT2D eigenvalue weighted by atomic mass is 16.2. The lowest BCUT2D eigenvalue weighted by molar-refractivity contribution is 0.0495. The Labute approximate surface area is 106 Å². The number of likely N-dealkylation sites (tertiary alicyclic amines) is 1. The molecule has 0 radical (unpaired) electrons. The van der Waals surface area contributed by atoms with Crippen LogP contribution in [-0.2, 0) is 0 Å². The average molecular weight is 246 g/mol. The summed E-state index contributed by atoms with van der Waals surface area (Å²) in [5, 5.41) is 0. The summed E-state index contributed by atoms with van der Waals surface area (Å²) in [6.07, 6.45) is 4.99. The lowest BCUT2D eigenvalue weighted by Gasteiger charge is -2.38. The molecule has 1 amide bonds. The first-order valence-electron chi connectivity index (χ1n) is 6.60. The molecule has 0 bridgehead atoms. The molecule has 2 heterocycles. The molecule has 1 aromatic heterocycles. The van der Waals surface area contributed by atoms with Crippen LogP contribution in [0.4, 0.5) is 5.82 Å². The maximum Gasteiger partial charge on any atom is 0.259 e. The Bertz CT molecular complexity index is 478. The molecule has 2 aliphatic rings. The Kier molecular flexibility index (Phi) is 2.69. The highest BCUT2D eigenvalue weighted by Gasteiger charge is 2.32. The van der Waals surface area contributed by atoms with Gasteiger partial charge in [0, 0.05) is 25.2 Å². The molecule has 1 aliphatic carbocycles. The second-order valence-electron chi connectivity index (χ2n) is 5.29. The van der Waals surface area contributed by atoms with Crippen LogP contribution >= 0.6 is 0 Å². The van der Waals surface area contributed by atoms with Gasteiger partial charge in [-0.25, -0.2) is 9.97 Å². The summed E-state index contributed by atoms with van der Waals surface area (Å²) in [7, 11) is 0. The van der Waals surface area contributed by atoms with Crippen molar-refractivity contribution in [3.8, 4) is 0 Å². The van der Waals surface area contributed by atoms with Crippen molar-refractivity contribution >= 4 is 11.7 Å². The zero-order chi connectivity index (χ0) is 12.7. The number of amides is 1. The van der Waals surface area contributed by atoms with Crippen molar-refractivity contribution in [2.24, 2.45) is 5.92 Å². The molecule has 18 heavy (non-hydrogen) atoms. The minimum absolute atomic E-state index is 0.0282. The number of nitrogens with zero attached hydrogens (tertiary/aromatic N) is 3. The van der Waals surface area contributed by atoms with Crippen molar-refractivity contribution in [1.29, 1.82) is 0 Å². The lowest BCUT2D eigenvalue weighted by atomic mass is 9.96. The van der Waals surface area contributed by atoms with Crippen LogP contribution in [0.5, 0.6) is 0 Å². The molecule has 0 spiro atoms. The number of hydrogen-bond acceptors (Lipinski definition) is 4. The second kappa shape index (κ2) is 4.23. The van der Waals surface area contributed by atoms with Gasteiger partial charge >= 0.3 is 0 Å². The van der Waals surface area contributed by atoms with Crippen molar-refractivity contribution in [3.05, 3.63) is 17.6 Å². The SMILES string of the molecule is CCC1CN(C(=O)c2cnc(C3CC3)nc2N)C1. The molecular weight excluding hydrogens is 228 g/mol. The Hall–Kier alpha value is -1.65. The van der Waals surface area contributed by atoms with Crippen LogP contribution < -0.4 is 5.73 Å². The van der Waals surface area contributed by atoms with E-state index in [0.717, 1.165) is 38.2 Å². The molecule has 1 aliphatic heterocycles. The van der Waals surface area contributed by atoms with Crippen LogP contribution in [0.2, 0.25) is 0 Å². The van der Waals surface area contributed by atoms with E-state index in [1.54, 1.807) is 6.20 Å². The molecule has 0 aromatic carbocycles. The van der Waals surface area contributed by atoms with Gasteiger partial charge in [-0.2, -0.15) is 0 Å². The number of hydrogen-bond donors (Lipinski definition) is 1. The minimum atomic E-state index is -0.0282. The van der Waals surface area contributed by atoms with Crippen molar-refractivity contribution < 1.29 is 4.79 Å². The molecule has 2 fully saturated rings. The Morgan fingerprint density at radius 3 is 2.78 bits per heavy atom. The lowest BCUT2D eigenvalue weighted by Crippen LogP contribution is -2.49. The smallest absolute Gasteiger partial charge is 0.259 e. The monoisotopic (exact) mass is 246 g/mol. The number of rotatable bonds is 3. The normalized spacial score (nSPS) is 19.7. The van der Waals surface area contributed by atoms with E-state index in [4.69, 9.17) is 5.73 Å². The zero-order valence-electron chi connectivity index (χ0n) is 10.6. The third-order valence-corrected chi connectivity index (χ3v) is 3.83. The van der Waals surface area contributed by atoms with Gasteiger partial charge in [0.25, 0.3) is 5.91 Å². The number of aromatic nitrogens is 2. The predicted octanol–water partition coefficient (Wildman–Crippen LogP) is 1.42. The van der Waals surface area contributed by atoms with Gasteiger partial charge in [-0.15, -0.1) is 0 Å². The molecule has 96 valence electrons. The van der Waals surface area contributed by atoms with E-state index < -0.39 is 0 Å². The number of nitrogens with two attached hydrogens (primary N) is 1. The van der Waals surface area contributed by atoms with Gasteiger partial charge in [-0.1, -0.05) is 6.92 Å². The fraction of sp³-hybridized carbons (Fsp3) is 0.615. The van der Waals surface area contributed by atoms with E-state index in [1.807, 2.05) is 4.90 Å². The Morgan fingerprint density at radius 1 is 1.50 bits per heavy atom.